The molecular formula is C29H36ClFN2O3S. The number of alkyl halides is 1. The number of aliphatic carboxylic acids is 1. The van der Waals surface area contributed by atoms with Gasteiger partial charge in [-0.1, -0.05) is 11.6 Å². The van der Waals surface area contributed by atoms with Gasteiger partial charge in [0.2, 0.25) is 0 Å². The van der Waals surface area contributed by atoms with Crippen LogP contribution in [-0.2, 0) is 11.2 Å². The maximum Gasteiger partial charge on any atom is 0.303 e. The summed E-state index contributed by atoms with van der Waals surface area (Å²) >= 11 is 7.93. The standard InChI is InChI=1S/C29H36ClFN2O3S/c1-36-22-7-9-27-24(18-22)23(11-14-32-27)26(31)8-5-20-12-16-33(19-21(20)6-10-29(34)35)15-3-2-4-28-25(30)13-17-37-28/h7,9,11,13-14,17-18,20-21,26H,2-6,8,10,12,15-16,19H2,1H3,(H,34,35)/t20-,21-,26-/m1/s1. The molecule has 3 heterocycles. The van der Waals surface area contributed by atoms with Crippen LogP contribution in [0.1, 0.15) is 61.6 Å². The maximum absolute atomic E-state index is 15.5. The highest BCUT2D eigenvalue weighted by Crippen LogP contribution is 2.36. The number of thiophene rings is 1. The Morgan fingerprint density at radius 1 is 1.27 bits per heavy atom. The summed E-state index contributed by atoms with van der Waals surface area (Å²) in [6.45, 7) is 2.89. The normalized spacial score (nSPS) is 19.2. The Bertz CT molecular complexity index is 1170. The fourth-order valence-corrected chi connectivity index (χ4v) is 6.74. The van der Waals surface area contributed by atoms with Crippen molar-refractivity contribution in [3.63, 3.8) is 0 Å². The molecule has 0 bridgehead atoms. The minimum Gasteiger partial charge on any atom is -0.497 e. The summed E-state index contributed by atoms with van der Waals surface area (Å²) in [4.78, 5) is 19.4. The van der Waals surface area contributed by atoms with E-state index in [0.717, 1.165) is 67.7 Å². The topological polar surface area (TPSA) is 62.7 Å². The third kappa shape index (κ3) is 7.65. The zero-order valence-corrected chi connectivity index (χ0v) is 22.9. The lowest BCUT2D eigenvalue weighted by Gasteiger charge is -2.39. The Morgan fingerprint density at radius 2 is 2.14 bits per heavy atom. The molecule has 4 rings (SSSR count). The van der Waals surface area contributed by atoms with Crippen molar-refractivity contribution in [2.45, 2.75) is 57.5 Å². The molecule has 0 amide bonds. The molecule has 37 heavy (non-hydrogen) atoms. The molecule has 1 aliphatic rings. The number of pyridine rings is 1. The highest BCUT2D eigenvalue weighted by Gasteiger charge is 2.30. The van der Waals surface area contributed by atoms with Crippen molar-refractivity contribution >= 4 is 39.8 Å². The Balaban J connectivity index is 1.32. The molecule has 5 nitrogen and oxygen atoms in total. The molecule has 0 unspecified atom stereocenters. The second-order valence-corrected chi connectivity index (χ2v) is 11.4. The number of ether oxygens (including phenoxy) is 1. The van der Waals surface area contributed by atoms with E-state index in [9.17, 15) is 9.90 Å². The van der Waals surface area contributed by atoms with Crippen LogP contribution in [0.25, 0.3) is 10.9 Å². The second-order valence-electron chi connectivity index (χ2n) is 10.0. The molecule has 0 aliphatic carbocycles. The fourth-order valence-electron chi connectivity index (χ4n) is 5.56. The van der Waals surface area contributed by atoms with Crippen molar-refractivity contribution in [3.8, 4) is 5.75 Å². The van der Waals surface area contributed by atoms with Crippen LogP contribution in [0, 0.1) is 11.8 Å². The van der Waals surface area contributed by atoms with Gasteiger partial charge in [0.15, 0.2) is 0 Å². The summed E-state index contributed by atoms with van der Waals surface area (Å²) < 4.78 is 20.9. The number of methoxy groups -OCH3 is 1. The largest absolute Gasteiger partial charge is 0.497 e. The zero-order valence-electron chi connectivity index (χ0n) is 21.4. The molecule has 3 aromatic rings. The molecule has 0 saturated carbocycles. The quantitative estimate of drug-likeness (QED) is 0.224. The van der Waals surface area contributed by atoms with E-state index in [1.807, 2.05) is 29.6 Å². The van der Waals surface area contributed by atoms with Crippen LogP contribution >= 0.6 is 22.9 Å². The van der Waals surface area contributed by atoms with Gasteiger partial charge >= 0.3 is 5.97 Å². The number of carboxylic acid groups (broad SMARTS) is 1. The number of hydrogen-bond donors (Lipinski definition) is 1. The first-order valence-corrected chi connectivity index (χ1v) is 14.4. The molecule has 0 spiro atoms. The molecule has 1 aromatic carbocycles. The van der Waals surface area contributed by atoms with Crippen molar-refractivity contribution in [1.29, 1.82) is 0 Å². The van der Waals surface area contributed by atoms with Gasteiger partial charge in [0.25, 0.3) is 0 Å². The molecule has 1 fully saturated rings. The monoisotopic (exact) mass is 546 g/mol. The lowest BCUT2D eigenvalue weighted by molar-refractivity contribution is -0.137. The van der Waals surface area contributed by atoms with Gasteiger partial charge < -0.3 is 14.7 Å². The van der Waals surface area contributed by atoms with E-state index < -0.39 is 12.1 Å². The third-order valence-corrected chi connectivity index (χ3v) is 9.08. The number of aromatic nitrogens is 1. The van der Waals surface area contributed by atoms with Crippen molar-refractivity contribution < 1.29 is 19.0 Å². The van der Waals surface area contributed by atoms with Crippen LogP contribution in [0.2, 0.25) is 5.02 Å². The number of halogens is 2. The zero-order chi connectivity index (χ0) is 26.2. The number of carboxylic acids is 1. The van der Waals surface area contributed by atoms with Gasteiger partial charge in [-0.2, -0.15) is 0 Å². The third-order valence-electron chi connectivity index (χ3n) is 7.63. The highest BCUT2D eigenvalue weighted by atomic mass is 35.5. The number of fused-ring (bicyclic) bond motifs is 1. The first-order chi connectivity index (χ1) is 17.9. The number of carbonyl (C=O) groups is 1. The summed E-state index contributed by atoms with van der Waals surface area (Å²) in [6.07, 6.45) is 6.73. The molecule has 200 valence electrons. The van der Waals surface area contributed by atoms with Crippen molar-refractivity contribution in [1.82, 2.24) is 9.88 Å². The van der Waals surface area contributed by atoms with Crippen LogP contribution in [0.15, 0.2) is 41.9 Å². The van der Waals surface area contributed by atoms with E-state index in [1.54, 1.807) is 30.7 Å². The minimum absolute atomic E-state index is 0.166. The average Bonchev–Trinajstić information content (AvgIpc) is 3.32. The van der Waals surface area contributed by atoms with Gasteiger partial charge in [0.1, 0.15) is 11.9 Å². The molecule has 3 atom stereocenters. The van der Waals surface area contributed by atoms with E-state index >= 15 is 4.39 Å². The molecule has 0 radical (unpaired) electrons. The van der Waals surface area contributed by atoms with Gasteiger partial charge in [0.05, 0.1) is 17.6 Å². The van der Waals surface area contributed by atoms with Crippen LogP contribution in [0.5, 0.6) is 5.75 Å². The smallest absolute Gasteiger partial charge is 0.303 e. The van der Waals surface area contributed by atoms with Gasteiger partial charge in [-0.15, -0.1) is 11.3 Å². The molecule has 2 aromatic heterocycles. The summed E-state index contributed by atoms with van der Waals surface area (Å²) in [6, 6.07) is 9.27. The van der Waals surface area contributed by atoms with E-state index in [1.165, 1.54) is 4.88 Å². The Hall–Kier alpha value is -2.22. The minimum atomic E-state index is -1.10. The van der Waals surface area contributed by atoms with Crippen LogP contribution in [-0.4, -0.2) is 47.7 Å². The van der Waals surface area contributed by atoms with Crippen LogP contribution in [0.3, 0.4) is 0 Å². The Kier molecular flexibility index (Phi) is 10.2. The number of likely N-dealkylation sites (tertiary alicyclic amines) is 1. The number of hydrogen-bond acceptors (Lipinski definition) is 5. The number of aryl methyl sites for hydroxylation is 1. The lowest BCUT2D eigenvalue weighted by atomic mass is 9.79. The Labute approximate surface area is 227 Å². The van der Waals surface area contributed by atoms with E-state index in [-0.39, 0.29) is 12.3 Å². The number of benzene rings is 1. The molecule has 1 aliphatic heterocycles. The van der Waals surface area contributed by atoms with E-state index in [0.29, 0.717) is 30.1 Å². The first-order valence-electron chi connectivity index (χ1n) is 13.2. The molecule has 1 saturated heterocycles. The van der Waals surface area contributed by atoms with Gasteiger partial charge in [-0.3, -0.25) is 9.78 Å². The van der Waals surface area contributed by atoms with Crippen LogP contribution < -0.4 is 4.74 Å². The predicted molar refractivity (Wildman–Crippen MR) is 149 cm³/mol. The summed E-state index contributed by atoms with van der Waals surface area (Å²) in [5.74, 6) is 0.539. The lowest BCUT2D eigenvalue weighted by Crippen LogP contribution is -2.41. The number of nitrogens with zero attached hydrogens (tertiary/aromatic N) is 2. The fraction of sp³-hybridized carbons (Fsp3) is 0.517. The van der Waals surface area contributed by atoms with E-state index in [4.69, 9.17) is 16.3 Å². The van der Waals surface area contributed by atoms with Gasteiger partial charge in [-0.25, -0.2) is 4.39 Å². The van der Waals surface area contributed by atoms with Crippen LogP contribution in [0.4, 0.5) is 4.39 Å². The summed E-state index contributed by atoms with van der Waals surface area (Å²) in [7, 11) is 1.60. The molecule has 1 N–H and O–H groups in total. The Morgan fingerprint density at radius 3 is 2.89 bits per heavy atom. The van der Waals surface area contributed by atoms with Crippen molar-refractivity contribution in [2.24, 2.45) is 11.8 Å². The highest BCUT2D eigenvalue weighted by molar-refractivity contribution is 7.10. The van der Waals surface area contributed by atoms with Gasteiger partial charge in [0, 0.05) is 29.4 Å². The average molecular weight is 547 g/mol. The number of rotatable bonds is 13. The molecule has 8 heteroatoms. The van der Waals surface area contributed by atoms with Crippen molar-refractivity contribution in [3.05, 3.63) is 57.4 Å². The summed E-state index contributed by atoms with van der Waals surface area (Å²) in [5, 5.41) is 13.0. The maximum atomic E-state index is 15.5. The van der Waals surface area contributed by atoms with E-state index in [2.05, 4.69) is 9.88 Å². The predicted octanol–water partition coefficient (Wildman–Crippen LogP) is 7.57. The first kappa shape index (κ1) is 27.8. The summed E-state index contributed by atoms with van der Waals surface area (Å²) in [5.41, 5.74) is 1.41. The van der Waals surface area contributed by atoms with Crippen molar-refractivity contribution in [2.75, 3.05) is 26.7 Å². The van der Waals surface area contributed by atoms with Gasteiger partial charge in [-0.05, 0) is 111 Å². The SMILES string of the molecule is COc1ccc2nccc([C@H](F)CC[C@@H]3CCN(CCCCc4sccc4Cl)C[C@H]3CCC(=O)O)c2c1. The number of piperidine rings is 1. The number of unbranched alkanes of at least 4 members (excludes halogenated alkanes) is 1. The molecular weight excluding hydrogens is 511 g/mol. The second kappa shape index (κ2) is 13.5.